The molecule has 0 radical (unpaired) electrons. The Bertz CT molecular complexity index is 703. The van der Waals surface area contributed by atoms with Gasteiger partial charge in [0.1, 0.15) is 5.52 Å². The number of rotatable bonds is 0. The summed E-state index contributed by atoms with van der Waals surface area (Å²) in [6, 6.07) is 9.12. The maximum absolute atomic E-state index is 11.7. The van der Waals surface area contributed by atoms with E-state index in [2.05, 4.69) is 15.2 Å². The van der Waals surface area contributed by atoms with Crippen LogP contribution in [-0.4, -0.2) is 15.2 Å². The lowest BCUT2D eigenvalue weighted by atomic mass is 10.1. The third kappa shape index (κ3) is 1.11. The van der Waals surface area contributed by atoms with E-state index in [1.54, 1.807) is 18.3 Å². The molecule has 1 N–H and O–H groups in total. The highest BCUT2D eigenvalue weighted by Crippen LogP contribution is 2.16. The number of nitrogens with zero attached hydrogens (tertiary/aromatic N) is 2. The molecule has 72 valence electrons. The molecular weight excluding hydrogens is 190 g/mol. The van der Waals surface area contributed by atoms with Crippen molar-refractivity contribution in [3.8, 4) is 0 Å². The summed E-state index contributed by atoms with van der Waals surface area (Å²) >= 11 is 0. The highest BCUT2D eigenvalue weighted by molar-refractivity contribution is 6.02. The van der Waals surface area contributed by atoms with Gasteiger partial charge in [-0.1, -0.05) is 18.2 Å². The maximum Gasteiger partial charge on any atom is 0.256 e. The van der Waals surface area contributed by atoms with Crippen LogP contribution in [0.15, 0.2) is 41.3 Å². The van der Waals surface area contributed by atoms with Crippen molar-refractivity contribution in [2.45, 2.75) is 0 Å². The van der Waals surface area contributed by atoms with Crippen molar-refractivity contribution < 1.29 is 0 Å². The molecule has 0 atom stereocenters. The molecule has 2 heterocycles. The molecule has 1 aromatic carbocycles. The maximum atomic E-state index is 11.7. The molecule has 2 aromatic heterocycles. The van der Waals surface area contributed by atoms with Gasteiger partial charge in [0.15, 0.2) is 0 Å². The lowest BCUT2D eigenvalue weighted by Crippen LogP contribution is -2.06. The molecule has 4 nitrogen and oxygen atoms in total. The van der Waals surface area contributed by atoms with Crippen LogP contribution >= 0.6 is 0 Å². The van der Waals surface area contributed by atoms with Gasteiger partial charge in [-0.15, -0.1) is 5.10 Å². The molecule has 0 bridgehead atoms. The van der Waals surface area contributed by atoms with E-state index < -0.39 is 0 Å². The first-order valence-electron chi connectivity index (χ1n) is 4.59. The van der Waals surface area contributed by atoms with Crippen LogP contribution in [0.2, 0.25) is 0 Å². The first-order valence-corrected chi connectivity index (χ1v) is 4.59. The Labute approximate surface area is 84.6 Å². The molecule has 0 aliphatic rings. The Balaban J connectivity index is 2.70. The van der Waals surface area contributed by atoms with Crippen LogP contribution in [0, 0.1) is 0 Å². The first kappa shape index (κ1) is 8.11. The van der Waals surface area contributed by atoms with Gasteiger partial charge in [-0.3, -0.25) is 4.79 Å². The number of benzene rings is 1. The summed E-state index contributed by atoms with van der Waals surface area (Å²) in [6.45, 7) is 0. The Morgan fingerprint density at radius 2 is 1.87 bits per heavy atom. The fraction of sp³-hybridized carbons (Fsp3) is 0. The number of H-pyrrole nitrogens is 1. The van der Waals surface area contributed by atoms with Crippen molar-refractivity contribution in [2.75, 3.05) is 0 Å². The third-order valence-electron chi connectivity index (χ3n) is 2.40. The summed E-state index contributed by atoms with van der Waals surface area (Å²) < 4.78 is 0. The normalized spacial score (nSPS) is 10.9. The quantitative estimate of drug-likeness (QED) is 0.555. The van der Waals surface area contributed by atoms with Crippen LogP contribution in [0.4, 0.5) is 0 Å². The Morgan fingerprint density at radius 1 is 1.07 bits per heavy atom. The van der Waals surface area contributed by atoms with Crippen molar-refractivity contribution in [2.24, 2.45) is 0 Å². The molecule has 4 heteroatoms. The van der Waals surface area contributed by atoms with Crippen molar-refractivity contribution in [1.82, 2.24) is 15.2 Å². The standard InChI is InChI=1S/C11H7N3O/c15-11-8-4-2-1-3-7(8)10-9(13-11)5-6-12-14-10/h1-6H,(H,13,15). The number of hydrogen-bond acceptors (Lipinski definition) is 3. The van der Waals surface area contributed by atoms with Crippen molar-refractivity contribution in [1.29, 1.82) is 0 Å². The smallest absolute Gasteiger partial charge is 0.256 e. The molecule has 0 aliphatic carbocycles. The zero-order chi connectivity index (χ0) is 10.3. The summed E-state index contributed by atoms with van der Waals surface area (Å²) in [6.07, 6.45) is 1.56. The van der Waals surface area contributed by atoms with E-state index in [0.29, 0.717) is 10.9 Å². The third-order valence-corrected chi connectivity index (χ3v) is 2.40. The van der Waals surface area contributed by atoms with E-state index in [1.807, 2.05) is 18.2 Å². The number of hydrogen-bond donors (Lipinski definition) is 1. The summed E-state index contributed by atoms with van der Waals surface area (Å²) in [5.41, 5.74) is 1.35. The second kappa shape index (κ2) is 2.88. The lowest BCUT2D eigenvalue weighted by Gasteiger charge is -2.00. The van der Waals surface area contributed by atoms with Gasteiger partial charge in [-0.25, -0.2) is 0 Å². The molecular formula is C11H7N3O. The Kier molecular flexibility index (Phi) is 1.56. The summed E-state index contributed by atoms with van der Waals surface area (Å²) in [5.74, 6) is 0. The zero-order valence-corrected chi connectivity index (χ0v) is 7.77. The molecule has 0 fully saturated rings. The second-order valence-electron chi connectivity index (χ2n) is 3.29. The molecule has 0 spiro atoms. The Hall–Kier alpha value is -2.23. The average Bonchev–Trinajstić information content (AvgIpc) is 2.30. The van der Waals surface area contributed by atoms with Gasteiger partial charge in [0, 0.05) is 10.8 Å². The lowest BCUT2D eigenvalue weighted by molar-refractivity contribution is 1.07. The SMILES string of the molecule is O=c1[nH]c2ccnnc2c2ccccc12. The number of pyridine rings is 1. The van der Waals surface area contributed by atoms with Gasteiger partial charge in [0.25, 0.3) is 5.56 Å². The average molecular weight is 197 g/mol. The van der Waals surface area contributed by atoms with Crippen LogP contribution in [0.1, 0.15) is 0 Å². The molecule has 0 saturated carbocycles. The van der Waals surface area contributed by atoms with E-state index in [4.69, 9.17) is 0 Å². The molecule has 0 unspecified atom stereocenters. The van der Waals surface area contributed by atoms with Crippen LogP contribution in [0.25, 0.3) is 21.8 Å². The van der Waals surface area contributed by atoms with E-state index >= 15 is 0 Å². The van der Waals surface area contributed by atoms with Crippen LogP contribution in [0.5, 0.6) is 0 Å². The molecule has 0 aliphatic heterocycles. The zero-order valence-electron chi connectivity index (χ0n) is 7.77. The van der Waals surface area contributed by atoms with Gasteiger partial charge >= 0.3 is 0 Å². The minimum atomic E-state index is -0.0916. The van der Waals surface area contributed by atoms with Gasteiger partial charge in [0.2, 0.25) is 0 Å². The number of aromatic nitrogens is 3. The highest BCUT2D eigenvalue weighted by atomic mass is 16.1. The predicted octanol–water partition coefficient (Wildman–Crippen LogP) is 1.47. The predicted molar refractivity (Wildman–Crippen MR) is 57.7 cm³/mol. The largest absolute Gasteiger partial charge is 0.320 e. The van der Waals surface area contributed by atoms with Crippen molar-refractivity contribution in [3.63, 3.8) is 0 Å². The minimum Gasteiger partial charge on any atom is -0.320 e. The summed E-state index contributed by atoms with van der Waals surface area (Å²) in [7, 11) is 0. The summed E-state index contributed by atoms with van der Waals surface area (Å²) in [4.78, 5) is 14.5. The topological polar surface area (TPSA) is 58.6 Å². The van der Waals surface area contributed by atoms with Gasteiger partial charge in [-0.2, -0.15) is 5.10 Å². The van der Waals surface area contributed by atoms with E-state index in [1.165, 1.54) is 0 Å². The monoisotopic (exact) mass is 197 g/mol. The molecule has 0 amide bonds. The van der Waals surface area contributed by atoms with E-state index in [0.717, 1.165) is 10.9 Å². The highest BCUT2D eigenvalue weighted by Gasteiger charge is 2.04. The van der Waals surface area contributed by atoms with Crippen LogP contribution in [-0.2, 0) is 0 Å². The fourth-order valence-electron chi connectivity index (χ4n) is 1.71. The number of nitrogens with one attached hydrogen (secondary N) is 1. The second-order valence-corrected chi connectivity index (χ2v) is 3.29. The van der Waals surface area contributed by atoms with Crippen molar-refractivity contribution >= 4 is 21.8 Å². The fourth-order valence-corrected chi connectivity index (χ4v) is 1.71. The van der Waals surface area contributed by atoms with Crippen LogP contribution in [0.3, 0.4) is 0 Å². The number of fused-ring (bicyclic) bond motifs is 3. The molecule has 15 heavy (non-hydrogen) atoms. The molecule has 0 saturated heterocycles. The van der Waals surface area contributed by atoms with E-state index in [9.17, 15) is 4.79 Å². The van der Waals surface area contributed by atoms with Gasteiger partial charge in [-0.05, 0) is 12.1 Å². The minimum absolute atomic E-state index is 0.0916. The molecule has 3 aromatic rings. The van der Waals surface area contributed by atoms with Gasteiger partial charge < -0.3 is 4.98 Å². The summed E-state index contributed by atoms with van der Waals surface area (Å²) in [5, 5.41) is 9.33. The number of aromatic amines is 1. The van der Waals surface area contributed by atoms with Crippen LogP contribution < -0.4 is 5.56 Å². The van der Waals surface area contributed by atoms with Crippen molar-refractivity contribution in [3.05, 3.63) is 46.9 Å². The van der Waals surface area contributed by atoms with E-state index in [-0.39, 0.29) is 5.56 Å². The Morgan fingerprint density at radius 3 is 2.73 bits per heavy atom. The molecule has 3 rings (SSSR count). The first-order chi connectivity index (χ1) is 7.36. The van der Waals surface area contributed by atoms with Gasteiger partial charge in [0.05, 0.1) is 11.7 Å².